The monoisotopic (exact) mass is 296 g/mol. The van der Waals surface area contributed by atoms with Crippen molar-refractivity contribution in [3.8, 4) is 0 Å². The van der Waals surface area contributed by atoms with Crippen molar-refractivity contribution in [3.05, 3.63) is 0 Å². The molecule has 0 atom stereocenters. The molecule has 0 unspecified atom stereocenters. The Hall–Kier alpha value is 1.42. The Labute approximate surface area is 69.2 Å². The van der Waals surface area contributed by atoms with Crippen LogP contribution in [-0.2, 0) is 47.6 Å². The molecular formula is H4HfO4Ti-4. The van der Waals surface area contributed by atoms with Gasteiger partial charge in [-0.05, 0) is 0 Å². The third kappa shape index (κ3) is 52.3. The maximum absolute atomic E-state index is 0. The van der Waals surface area contributed by atoms with Gasteiger partial charge in [0.05, 0.1) is 0 Å². The van der Waals surface area contributed by atoms with E-state index in [1.54, 1.807) is 0 Å². The summed E-state index contributed by atoms with van der Waals surface area (Å²) in [7, 11) is 0. The van der Waals surface area contributed by atoms with Crippen LogP contribution in [0.3, 0.4) is 0 Å². The predicted molar refractivity (Wildman–Crippen MR) is 7.74 cm³/mol. The van der Waals surface area contributed by atoms with Gasteiger partial charge in [0.2, 0.25) is 0 Å². The molecule has 0 amide bonds. The number of rotatable bonds is 0. The molecule has 0 heterocycles. The van der Waals surface area contributed by atoms with E-state index >= 15 is 0 Å². The SMILES string of the molecule is [Hf].[OH-].[OH-].[OH-].[OH-].[Ti]. The first-order valence-corrected chi connectivity index (χ1v) is 0. The Bertz CT molecular complexity index is 7.51. The molecule has 0 aromatic rings. The van der Waals surface area contributed by atoms with Gasteiger partial charge in [0.1, 0.15) is 0 Å². The second kappa shape index (κ2) is 93.2. The number of hydrogen-bond donors (Lipinski definition) is 0. The smallest absolute Gasteiger partial charge is 0 e. The molecule has 0 aliphatic heterocycles. The van der Waals surface area contributed by atoms with Gasteiger partial charge < -0.3 is 21.9 Å². The topological polar surface area (TPSA) is 120 Å². The first-order chi connectivity index (χ1) is 0. The van der Waals surface area contributed by atoms with E-state index in [1.165, 1.54) is 0 Å². The summed E-state index contributed by atoms with van der Waals surface area (Å²) in [5, 5.41) is 0. The quantitative estimate of drug-likeness (QED) is 0.548. The molecule has 0 aromatic carbocycles. The van der Waals surface area contributed by atoms with Crippen molar-refractivity contribution in [2.45, 2.75) is 0 Å². The van der Waals surface area contributed by atoms with Crippen molar-refractivity contribution in [2.75, 3.05) is 0 Å². The van der Waals surface area contributed by atoms with Crippen LogP contribution in [-0.4, -0.2) is 21.9 Å². The zero-order chi connectivity index (χ0) is 0. The summed E-state index contributed by atoms with van der Waals surface area (Å²) >= 11 is 0. The van der Waals surface area contributed by atoms with Gasteiger partial charge in [-0.2, -0.15) is 0 Å². The Balaban J connectivity index is 0. The molecule has 40 valence electrons. The van der Waals surface area contributed by atoms with E-state index in [0.717, 1.165) is 0 Å². The molecule has 0 bridgehead atoms. The minimum atomic E-state index is 0. The summed E-state index contributed by atoms with van der Waals surface area (Å²) < 4.78 is 0. The van der Waals surface area contributed by atoms with Gasteiger partial charge in [-0.25, -0.2) is 0 Å². The molecule has 4 N–H and O–H groups in total. The standard InChI is InChI=1S/Hf.4H2O.Ti/h;4*1H2;/p-4. The molecule has 6 heteroatoms. The summed E-state index contributed by atoms with van der Waals surface area (Å²) in [5.74, 6) is 0. The fraction of sp³-hybridized carbons (Fsp3) is 0. The molecule has 0 aliphatic rings. The molecule has 0 aliphatic carbocycles. The second-order valence-electron chi connectivity index (χ2n) is 0. The average molecular weight is 294 g/mol. The molecule has 0 saturated carbocycles. The molecule has 6 heavy (non-hydrogen) atoms. The van der Waals surface area contributed by atoms with Crippen LogP contribution in [0.15, 0.2) is 0 Å². The van der Waals surface area contributed by atoms with Crippen LogP contribution in [0, 0.1) is 0 Å². The van der Waals surface area contributed by atoms with Crippen LogP contribution in [0.5, 0.6) is 0 Å². The Kier molecular flexibility index (Phi) is 2350. The molecule has 0 rings (SSSR count). The minimum Gasteiger partial charge on any atom is -0.870 e. The summed E-state index contributed by atoms with van der Waals surface area (Å²) in [5.41, 5.74) is 0. The van der Waals surface area contributed by atoms with Crippen molar-refractivity contribution in [1.82, 2.24) is 0 Å². The van der Waals surface area contributed by atoms with Gasteiger partial charge in [0.15, 0.2) is 0 Å². The molecule has 0 spiro atoms. The number of hydrogen-bond acceptors (Lipinski definition) is 4. The first kappa shape index (κ1) is 151. The van der Waals surface area contributed by atoms with Crippen LogP contribution in [0.4, 0.5) is 0 Å². The van der Waals surface area contributed by atoms with Crippen molar-refractivity contribution >= 4 is 0 Å². The third-order valence-electron chi connectivity index (χ3n) is 0. The van der Waals surface area contributed by atoms with E-state index in [2.05, 4.69) is 0 Å². The molecule has 0 aromatic heterocycles. The van der Waals surface area contributed by atoms with Gasteiger partial charge in [-0.1, -0.05) is 0 Å². The summed E-state index contributed by atoms with van der Waals surface area (Å²) in [6, 6.07) is 0. The minimum absolute atomic E-state index is 0. The van der Waals surface area contributed by atoms with Crippen molar-refractivity contribution < 1.29 is 69.5 Å². The third-order valence-corrected chi connectivity index (χ3v) is 0. The van der Waals surface area contributed by atoms with Crippen molar-refractivity contribution in [1.29, 1.82) is 0 Å². The molecule has 0 saturated heterocycles. The van der Waals surface area contributed by atoms with E-state index in [4.69, 9.17) is 0 Å². The van der Waals surface area contributed by atoms with E-state index in [0.29, 0.717) is 0 Å². The fourth-order valence-corrected chi connectivity index (χ4v) is 0. The van der Waals surface area contributed by atoms with Gasteiger partial charge in [-0.3, -0.25) is 0 Å². The van der Waals surface area contributed by atoms with Crippen LogP contribution in [0.25, 0.3) is 0 Å². The summed E-state index contributed by atoms with van der Waals surface area (Å²) in [6.45, 7) is 0. The largest absolute Gasteiger partial charge is 0.870 e. The first-order valence-electron chi connectivity index (χ1n) is 0. The average Bonchev–Trinajstić information content (AvgIpc) is 0. The van der Waals surface area contributed by atoms with Crippen LogP contribution < -0.4 is 0 Å². The van der Waals surface area contributed by atoms with E-state index in [9.17, 15) is 0 Å². The van der Waals surface area contributed by atoms with Gasteiger partial charge in [0, 0.05) is 47.6 Å². The zero-order valence-corrected chi connectivity index (χ0v) is 7.94. The maximum Gasteiger partial charge on any atom is 0 e. The Morgan fingerprint density at radius 1 is 0.500 bits per heavy atom. The molecule has 0 fully saturated rings. The second-order valence-corrected chi connectivity index (χ2v) is 0. The summed E-state index contributed by atoms with van der Waals surface area (Å²) in [4.78, 5) is 0. The normalized spacial score (nSPS) is 0. The predicted octanol–water partition coefficient (Wildman–Crippen LogP) is -0.712. The summed E-state index contributed by atoms with van der Waals surface area (Å²) in [6.07, 6.45) is 0. The van der Waals surface area contributed by atoms with Gasteiger partial charge in [-0.15, -0.1) is 0 Å². The maximum atomic E-state index is 0. The molecular weight excluding hydrogens is 290 g/mol. The van der Waals surface area contributed by atoms with Crippen LogP contribution in [0.1, 0.15) is 0 Å². The van der Waals surface area contributed by atoms with Crippen LogP contribution in [0.2, 0.25) is 0 Å². The van der Waals surface area contributed by atoms with E-state index in [1.807, 2.05) is 0 Å². The van der Waals surface area contributed by atoms with Gasteiger partial charge in [0.25, 0.3) is 0 Å². The van der Waals surface area contributed by atoms with Crippen molar-refractivity contribution in [2.24, 2.45) is 0 Å². The van der Waals surface area contributed by atoms with E-state index < -0.39 is 0 Å². The van der Waals surface area contributed by atoms with Crippen LogP contribution >= 0.6 is 0 Å². The van der Waals surface area contributed by atoms with E-state index in [-0.39, 0.29) is 69.5 Å². The molecule has 4 nitrogen and oxygen atoms in total. The Morgan fingerprint density at radius 2 is 0.500 bits per heavy atom. The Morgan fingerprint density at radius 3 is 0.500 bits per heavy atom. The zero-order valence-electron chi connectivity index (χ0n) is 2.79. The van der Waals surface area contributed by atoms with Crippen molar-refractivity contribution in [3.63, 3.8) is 0 Å². The van der Waals surface area contributed by atoms with Gasteiger partial charge >= 0.3 is 0 Å². The fourth-order valence-electron chi connectivity index (χ4n) is 0. The molecule has 0 radical (unpaired) electrons.